The molecule has 120 valence electrons. The van der Waals surface area contributed by atoms with E-state index in [4.69, 9.17) is 9.15 Å². The Morgan fingerprint density at radius 2 is 2.14 bits per heavy atom. The van der Waals surface area contributed by atoms with Crippen molar-refractivity contribution in [3.63, 3.8) is 0 Å². The molecule has 0 spiro atoms. The van der Waals surface area contributed by atoms with Gasteiger partial charge < -0.3 is 14.5 Å². The van der Waals surface area contributed by atoms with Crippen LogP contribution in [0.1, 0.15) is 32.4 Å². The van der Waals surface area contributed by atoms with Gasteiger partial charge in [-0.15, -0.1) is 0 Å². The minimum absolute atomic E-state index is 0.110. The smallest absolute Gasteiger partial charge is 0.245 e. The van der Waals surface area contributed by atoms with Crippen LogP contribution in [-0.4, -0.2) is 33.7 Å². The Morgan fingerprint density at radius 1 is 1.48 bits per heavy atom. The van der Waals surface area contributed by atoms with E-state index in [1.165, 1.54) is 20.0 Å². The standard InChI is InChI=1S/C13H21BrN2O4S/c1-13(2,8-19-3)16-21(17,18)11-6-10(20-12(11)14)7-15-9-4-5-9/h6,9,15-16H,4-5,7-8H2,1-3H3. The van der Waals surface area contributed by atoms with Gasteiger partial charge in [-0.1, -0.05) is 0 Å². The van der Waals surface area contributed by atoms with Gasteiger partial charge in [0.15, 0.2) is 4.67 Å². The monoisotopic (exact) mass is 380 g/mol. The molecule has 1 aromatic heterocycles. The fourth-order valence-electron chi connectivity index (χ4n) is 2.01. The highest BCUT2D eigenvalue weighted by atomic mass is 79.9. The molecule has 1 heterocycles. The van der Waals surface area contributed by atoms with E-state index in [0.717, 1.165) is 0 Å². The number of sulfonamides is 1. The second-order valence-corrected chi connectivity index (χ2v) is 8.30. The van der Waals surface area contributed by atoms with Crippen molar-refractivity contribution >= 4 is 26.0 Å². The fourth-order valence-corrected chi connectivity index (χ4v) is 4.41. The van der Waals surface area contributed by atoms with Gasteiger partial charge in [-0.3, -0.25) is 0 Å². The van der Waals surface area contributed by atoms with Gasteiger partial charge >= 0.3 is 0 Å². The van der Waals surface area contributed by atoms with Gasteiger partial charge in [0.1, 0.15) is 10.7 Å². The van der Waals surface area contributed by atoms with Gasteiger partial charge in [0, 0.05) is 19.2 Å². The van der Waals surface area contributed by atoms with Crippen molar-refractivity contribution in [1.29, 1.82) is 0 Å². The Labute approximate surface area is 133 Å². The molecule has 0 atom stereocenters. The molecule has 0 aromatic carbocycles. The second kappa shape index (κ2) is 6.37. The SMILES string of the molecule is COCC(C)(C)NS(=O)(=O)c1cc(CNC2CC2)oc1Br. The molecule has 1 fully saturated rings. The molecule has 1 aliphatic carbocycles. The summed E-state index contributed by atoms with van der Waals surface area (Å²) in [5.41, 5.74) is -0.698. The Hall–Kier alpha value is -0.410. The van der Waals surface area contributed by atoms with Crippen LogP contribution in [0, 0.1) is 0 Å². The molecule has 0 amide bonds. The molecular weight excluding hydrogens is 360 g/mol. The first-order valence-electron chi connectivity index (χ1n) is 6.78. The molecule has 0 saturated heterocycles. The third kappa shape index (κ3) is 4.79. The van der Waals surface area contributed by atoms with Gasteiger partial charge in [0.05, 0.1) is 18.7 Å². The van der Waals surface area contributed by atoms with Crippen LogP contribution >= 0.6 is 15.9 Å². The molecule has 2 rings (SSSR count). The highest BCUT2D eigenvalue weighted by Gasteiger charge is 2.30. The number of ether oxygens (including phenoxy) is 1. The van der Waals surface area contributed by atoms with Gasteiger partial charge in [-0.05, 0) is 42.6 Å². The topological polar surface area (TPSA) is 80.6 Å². The third-order valence-electron chi connectivity index (χ3n) is 3.05. The first-order valence-corrected chi connectivity index (χ1v) is 9.06. The molecule has 2 N–H and O–H groups in total. The molecule has 1 aromatic rings. The molecule has 0 aliphatic heterocycles. The quantitative estimate of drug-likeness (QED) is 0.720. The number of rotatable bonds is 8. The summed E-state index contributed by atoms with van der Waals surface area (Å²) in [6.07, 6.45) is 2.33. The molecule has 0 radical (unpaired) electrons. The summed E-state index contributed by atoms with van der Waals surface area (Å²) >= 11 is 3.18. The summed E-state index contributed by atoms with van der Waals surface area (Å²) in [5, 5.41) is 3.28. The Bertz CT molecular complexity index is 593. The lowest BCUT2D eigenvalue weighted by molar-refractivity contribution is 0.141. The van der Waals surface area contributed by atoms with Crippen LogP contribution in [0.25, 0.3) is 0 Å². The Morgan fingerprint density at radius 3 is 2.71 bits per heavy atom. The van der Waals surface area contributed by atoms with Crippen LogP contribution in [0.3, 0.4) is 0 Å². The van der Waals surface area contributed by atoms with Crippen molar-refractivity contribution in [3.8, 4) is 0 Å². The lowest BCUT2D eigenvalue weighted by atomic mass is 10.1. The van der Waals surface area contributed by atoms with E-state index < -0.39 is 15.6 Å². The largest absolute Gasteiger partial charge is 0.452 e. The minimum atomic E-state index is -3.67. The number of hydrogen-bond acceptors (Lipinski definition) is 5. The molecule has 0 bridgehead atoms. The van der Waals surface area contributed by atoms with Crippen LogP contribution in [0.4, 0.5) is 0 Å². The van der Waals surface area contributed by atoms with Crippen molar-refractivity contribution in [1.82, 2.24) is 10.0 Å². The first kappa shape index (κ1) is 17.0. The minimum Gasteiger partial charge on any atom is -0.452 e. The number of halogens is 1. The van der Waals surface area contributed by atoms with Gasteiger partial charge in [0.25, 0.3) is 0 Å². The summed E-state index contributed by atoms with van der Waals surface area (Å²) < 4.78 is 38.2. The predicted molar refractivity (Wildman–Crippen MR) is 82.5 cm³/mol. The van der Waals surface area contributed by atoms with Crippen molar-refractivity contribution in [2.45, 2.75) is 49.7 Å². The average Bonchev–Trinajstić information content (AvgIpc) is 3.07. The van der Waals surface area contributed by atoms with Gasteiger partial charge in [-0.25, -0.2) is 13.1 Å². The summed E-state index contributed by atoms with van der Waals surface area (Å²) in [5.74, 6) is 0.596. The van der Waals surface area contributed by atoms with Crippen LogP contribution in [0.2, 0.25) is 0 Å². The van der Waals surface area contributed by atoms with E-state index in [9.17, 15) is 8.42 Å². The second-order valence-electron chi connectivity index (χ2n) is 5.93. The van der Waals surface area contributed by atoms with Gasteiger partial charge in [-0.2, -0.15) is 0 Å². The fraction of sp³-hybridized carbons (Fsp3) is 0.692. The molecule has 8 heteroatoms. The highest BCUT2D eigenvalue weighted by molar-refractivity contribution is 9.10. The van der Waals surface area contributed by atoms with E-state index >= 15 is 0 Å². The van der Waals surface area contributed by atoms with Crippen molar-refractivity contribution in [2.75, 3.05) is 13.7 Å². The number of furan rings is 1. The van der Waals surface area contributed by atoms with Crippen molar-refractivity contribution < 1.29 is 17.6 Å². The molecule has 6 nitrogen and oxygen atoms in total. The Balaban J connectivity index is 2.11. The zero-order valence-corrected chi connectivity index (χ0v) is 14.8. The van der Waals surface area contributed by atoms with E-state index in [-0.39, 0.29) is 16.2 Å². The summed E-state index contributed by atoms with van der Waals surface area (Å²) in [7, 11) is -2.14. The van der Waals surface area contributed by atoms with Crippen molar-refractivity contribution in [2.24, 2.45) is 0 Å². The number of hydrogen-bond donors (Lipinski definition) is 2. The molecular formula is C13H21BrN2O4S. The average molecular weight is 381 g/mol. The zero-order chi connectivity index (χ0) is 15.7. The molecule has 1 saturated carbocycles. The zero-order valence-electron chi connectivity index (χ0n) is 12.4. The van der Waals surface area contributed by atoms with E-state index in [2.05, 4.69) is 26.0 Å². The molecule has 21 heavy (non-hydrogen) atoms. The van der Waals surface area contributed by atoms with Crippen LogP contribution < -0.4 is 10.0 Å². The maximum atomic E-state index is 12.4. The summed E-state index contributed by atoms with van der Waals surface area (Å²) in [6, 6.07) is 2.08. The predicted octanol–water partition coefficient (Wildman–Crippen LogP) is 2.00. The Kier molecular flexibility index (Phi) is 5.15. The number of nitrogens with one attached hydrogen (secondary N) is 2. The third-order valence-corrected chi connectivity index (χ3v) is 5.61. The van der Waals surface area contributed by atoms with Crippen LogP contribution in [0.15, 0.2) is 20.0 Å². The molecule has 1 aliphatic rings. The van der Waals surface area contributed by atoms with Crippen molar-refractivity contribution in [3.05, 3.63) is 16.5 Å². The van der Waals surface area contributed by atoms with Gasteiger partial charge in [0.2, 0.25) is 10.0 Å². The lowest BCUT2D eigenvalue weighted by Crippen LogP contribution is -2.46. The van der Waals surface area contributed by atoms with Crippen LogP contribution in [0.5, 0.6) is 0 Å². The summed E-state index contributed by atoms with van der Waals surface area (Å²) in [4.78, 5) is 0.110. The molecule has 0 unspecified atom stereocenters. The first-order chi connectivity index (χ1) is 9.73. The number of methoxy groups -OCH3 is 1. The van der Waals surface area contributed by atoms with Crippen LogP contribution in [-0.2, 0) is 21.3 Å². The van der Waals surface area contributed by atoms with E-state index in [1.807, 2.05) is 0 Å². The van der Waals surface area contributed by atoms with E-state index in [1.54, 1.807) is 19.9 Å². The summed E-state index contributed by atoms with van der Waals surface area (Å²) in [6.45, 7) is 4.33. The maximum Gasteiger partial charge on any atom is 0.245 e. The maximum absolute atomic E-state index is 12.4. The van der Waals surface area contributed by atoms with E-state index in [0.29, 0.717) is 18.3 Å². The highest BCUT2D eigenvalue weighted by Crippen LogP contribution is 2.28. The normalized spacial score (nSPS) is 16.4. The lowest BCUT2D eigenvalue weighted by Gasteiger charge is -2.24.